The Balaban J connectivity index is 1.47. The number of ether oxygens (including phenoxy) is 1. The topological polar surface area (TPSA) is 96.0 Å². The summed E-state index contributed by atoms with van der Waals surface area (Å²) in [6.45, 7) is 6.81. The largest absolute Gasteiger partial charge is 0.378 e. The molecule has 182 valence electrons. The molecule has 34 heavy (non-hydrogen) atoms. The van der Waals surface area contributed by atoms with Crippen LogP contribution in [0.2, 0.25) is 0 Å². The highest BCUT2D eigenvalue weighted by Gasteiger charge is 2.32. The highest BCUT2D eigenvalue weighted by Crippen LogP contribution is 2.24. The molecule has 0 saturated carbocycles. The summed E-state index contributed by atoms with van der Waals surface area (Å²) in [4.78, 5) is 29.9. The average Bonchev–Trinajstić information content (AvgIpc) is 2.85. The van der Waals surface area contributed by atoms with Crippen LogP contribution < -0.4 is 4.72 Å². The molecular formula is C25H31N3O5S. The van der Waals surface area contributed by atoms with Crippen molar-refractivity contribution >= 4 is 27.5 Å². The van der Waals surface area contributed by atoms with Crippen LogP contribution in [0.15, 0.2) is 47.4 Å². The van der Waals surface area contributed by atoms with Crippen LogP contribution in [0.3, 0.4) is 0 Å². The molecule has 2 aromatic carbocycles. The number of carbonyl (C=O) groups is 2. The van der Waals surface area contributed by atoms with Crippen LogP contribution in [0.1, 0.15) is 34.3 Å². The molecule has 1 unspecified atom stereocenters. The zero-order valence-electron chi connectivity index (χ0n) is 19.6. The summed E-state index contributed by atoms with van der Waals surface area (Å²) >= 11 is 0. The zero-order valence-corrected chi connectivity index (χ0v) is 20.4. The van der Waals surface area contributed by atoms with E-state index in [0.717, 1.165) is 18.4 Å². The molecule has 8 nitrogen and oxygen atoms in total. The van der Waals surface area contributed by atoms with Crippen LogP contribution >= 0.6 is 0 Å². The van der Waals surface area contributed by atoms with Crippen LogP contribution in [0.5, 0.6) is 0 Å². The van der Waals surface area contributed by atoms with Crippen molar-refractivity contribution in [2.75, 3.05) is 44.1 Å². The number of hydrogen-bond acceptors (Lipinski definition) is 5. The number of benzene rings is 2. The SMILES string of the molecule is Cc1ccc(C)c(S(=O)(=O)Nc2cccc(C(=O)N3CCCC(C(=O)N4CCOCC4)C3)c2)c1. The monoisotopic (exact) mass is 485 g/mol. The lowest BCUT2D eigenvalue weighted by Crippen LogP contribution is -2.49. The summed E-state index contributed by atoms with van der Waals surface area (Å²) in [6.07, 6.45) is 1.51. The zero-order chi connectivity index (χ0) is 24.3. The third-order valence-electron chi connectivity index (χ3n) is 6.38. The van der Waals surface area contributed by atoms with E-state index in [1.165, 1.54) is 0 Å². The fourth-order valence-electron chi connectivity index (χ4n) is 4.51. The molecule has 0 spiro atoms. The molecule has 2 aliphatic heterocycles. The maximum atomic E-state index is 13.2. The Kier molecular flexibility index (Phi) is 7.23. The van der Waals surface area contributed by atoms with Gasteiger partial charge >= 0.3 is 0 Å². The highest BCUT2D eigenvalue weighted by molar-refractivity contribution is 7.92. The molecule has 2 heterocycles. The summed E-state index contributed by atoms with van der Waals surface area (Å²) < 4.78 is 33.9. The molecular weight excluding hydrogens is 454 g/mol. The number of anilines is 1. The second-order valence-electron chi connectivity index (χ2n) is 8.98. The standard InChI is InChI=1S/C25H31N3O5S/c1-18-8-9-19(2)23(15-18)34(31,32)26-22-7-3-5-20(16-22)24(29)28-10-4-6-21(17-28)25(30)27-11-13-33-14-12-27/h3,5,7-9,15-16,21,26H,4,6,10-14,17H2,1-2H3. The molecule has 9 heteroatoms. The number of nitrogens with zero attached hydrogens (tertiary/aromatic N) is 2. The van der Waals surface area contributed by atoms with Gasteiger partial charge in [0.05, 0.1) is 24.0 Å². The number of sulfonamides is 1. The molecule has 2 saturated heterocycles. The van der Waals surface area contributed by atoms with Crippen molar-refractivity contribution in [1.82, 2.24) is 9.80 Å². The average molecular weight is 486 g/mol. The van der Waals surface area contributed by atoms with E-state index in [1.807, 2.05) is 17.9 Å². The molecule has 0 aromatic heterocycles. The van der Waals surface area contributed by atoms with Gasteiger partial charge in [0.15, 0.2) is 0 Å². The quantitative estimate of drug-likeness (QED) is 0.703. The van der Waals surface area contributed by atoms with Crippen molar-refractivity contribution in [2.24, 2.45) is 5.92 Å². The third-order valence-corrected chi connectivity index (χ3v) is 7.90. The minimum absolute atomic E-state index is 0.0795. The molecule has 2 fully saturated rings. The third kappa shape index (κ3) is 5.42. The number of morpholine rings is 1. The van der Waals surface area contributed by atoms with Gasteiger partial charge in [0, 0.05) is 37.4 Å². The number of likely N-dealkylation sites (tertiary alicyclic amines) is 1. The van der Waals surface area contributed by atoms with Crippen molar-refractivity contribution in [1.29, 1.82) is 0 Å². The van der Waals surface area contributed by atoms with E-state index in [-0.39, 0.29) is 22.6 Å². The predicted octanol–water partition coefficient (Wildman–Crippen LogP) is 2.82. The Labute approximate surface area is 200 Å². The first kappa shape index (κ1) is 24.2. The molecule has 4 rings (SSSR count). The van der Waals surface area contributed by atoms with Gasteiger partial charge in [0.2, 0.25) is 5.91 Å². The number of piperidine rings is 1. The van der Waals surface area contributed by atoms with Crippen molar-refractivity contribution in [2.45, 2.75) is 31.6 Å². The van der Waals surface area contributed by atoms with Crippen LogP contribution in [0.25, 0.3) is 0 Å². The van der Waals surface area contributed by atoms with Gasteiger partial charge in [-0.15, -0.1) is 0 Å². The minimum Gasteiger partial charge on any atom is -0.378 e. The Morgan fingerprint density at radius 2 is 1.76 bits per heavy atom. The van der Waals surface area contributed by atoms with E-state index >= 15 is 0 Å². The van der Waals surface area contributed by atoms with Gasteiger partial charge in [-0.05, 0) is 62.1 Å². The van der Waals surface area contributed by atoms with E-state index in [9.17, 15) is 18.0 Å². The lowest BCUT2D eigenvalue weighted by Gasteiger charge is -2.36. The van der Waals surface area contributed by atoms with Gasteiger partial charge in [-0.1, -0.05) is 18.2 Å². The predicted molar refractivity (Wildman–Crippen MR) is 129 cm³/mol. The summed E-state index contributed by atoms with van der Waals surface area (Å²) in [5.41, 5.74) is 2.21. The summed E-state index contributed by atoms with van der Waals surface area (Å²) in [5.74, 6) is -0.343. The van der Waals surface area contributed by atoms with E-state index < -0.39 is 10.0 Å². The van der Waals surface area contributed by atoms with Crippen molar-refractivity contribution in [3.63, 3.8) is 0 Å². The fraction of sp³-hybridized carbons (Fsp3) is 0.440. The maximum absolute atomic E-state index is 13.2. The molecule has 2 aliphatic rings. The lowest BCUT2D eigenvalue weighted by atomic mass is 9.95. The van der Waals surface area contributed by atoms with Crippen molar-refractivity contribution in [3.05, 3.63) is 59.2 Å². The smallest absolute Gasteiger partial charge is 0.262 e. The van der Waals surface area contributed by atoms with Gasteiger partial charge in [-0.25, -0.2) is 8.42 Å². The second kappa shape index (κ2) is 10.1. The molecule has 2 amide bonds. The van der Waals surface area contributed by atoms with Crippen LogP contribution in [-0.4, -0.2) is 69.4 Å². The number of carbonyl (C=O) groups excluding carboxylic acids is 2. The fourth-order valence-corrected chi connectivity index (χ4v) is 5.89. The molecule has 0 aliphatic carbocycles. The second-order valence-corrected chi connectivity index (χ2v) is 10.6. The summed E-state index contributed by atoms with van der Waals surface area (Å²) in [7, 11) is -3.80. The van der Waals surface area contributed by atoms with Gasteiger partial charge < -0.3 is 14.5 Å². The maximum Gasteiger partial charge on any atom is 0.262 e. The van der Waals surface area contributed by atoms with Crippen molar-refractivity contribution < 1.29 is 22.7 Å². The van der Waals surface area contributed by atoms with Gasteiger partial charge in [-0.2, -0.15) is 0 Å². The van der Waals surface area contributed by atoms with Crippen LogP contribution in [-0.2, 0) is 19.6 Å². The molecule has 2 aromatic rings. The van der Waals surface area contributed by atoms with Gasteiger partial charge in [0.1, 0.15) is 0 Å². The molecule has 1 N–H and O–H groups in total. The first-order valence-electron chi connectivity index (χ1n) is 11.6. The van der Waals surface area contributed by atoms with E-state index in [2.05, 4.69) is 4.72 Å². The minimum atomic E-state index is -3.80. The first-order chi connectivity index (χ1) is 16.2. The molecule has 0 radical (unpaired) electrons. The summed E-state index contributed by atoms with van der Waals surface area (Å²) in [6, 6.07) is 11.8. The normalized spacial score (nSPS) is 19.1. The Hall–Kier alpha value is -2.91. The number of aryl methyl sites for hydroxylation is 2. The Morgan fingerprint density at radius 1 is 1.00 bits per heavy atom. The molecule has 1 atom stereocenters. The van der Waals surface area contributed by atoms with E-state index in [1.54, 1.807) is 48.2 Å². The van der Waals surface area contributed by atoms with Crippen LogP contribution in [0, 0.1) is 19.8 Å². The lowest BCUT2D eigenvalue weighted by molar-refractivity contribution is -0.141. The number of hydrogen-bond donors (Lipinski definition) is 1. The number of amides is 2. The first-order valence-corrected chi connectivity index (χ1v) is 13.1. The summed E-state index contributed by atoms with van der Waals surface area (Å²) in [5, 5.41) is 0. The van der Waals surface area contributed by atoms with Crippen molar-refractivity contribution in [3.8, 4) is 0 Å². The Morgan fingerprint density at radius 3 is 2.53 bits per heavy atom. The highest BCUT2D eigenvalue weighted by atomic mass is 32.2. The van der Waals surface area contributed by atoms with Crippen LogP contribution in [0.4, 0.5) is 5.69 Å². The van der Waals surface area contributed by atoms with E-state index in [0.29, 0.717) is 56.2 Å². The molecule has 0 bridgehead atoms. The number of nitrogens with one attached hydrogen (secondary N) is 1. The Bertz CT molecular complexity index is 1170. The van der Waals surface area contributed by atoms with E-state index in [4.69, 9.17) is 4.74 Å². The van der Waals surface area contributed by atoms with Gasteiger partial charge in [-0.3, -0.25) is 14.3 Å². The van der Waals surface area contributed by atoms with Gasteiger partial charge in [0.25, 0.3) is 15.9 Å². The number of rotatable bonds is 5.